The van der Waals surface area contributed by atoms with Gasteiger partial charge in [-0.3, -0.25) is 0 Å². The van der Waals surface area contributed by atoms with E-state index in [4.69, 9.17) is 28.3 Å². The predicted molar refractivity (Wildman–Crippen MR) is 38.7 cm³/mol. The molecule has 50 valence electrons. The van der Waals surface area contributed by atoms with Crippen molar-refractivity contribution in [2.45, 2.75) is 12.8 Å². The van der Waals surface area contributed by atoms with E-state index in [0.717, 1.165) is 12.8 Å². The first-order valence-electron chi connectivity index (χ1n) is 2.65. The van der Waals surface area contributed by atoms with E-state index in [2.05, 4.69) is 0 Å². The van der Waals surface area contributed by atoms with Gasteiger partial charge in [0.2, 0.25) is 0 Å². The summed E-state index contributed by atoms with van der Waals surface area (Å²) in [5, 5.41) is 9.78. The molecular formula is C6H6Cl2O. The molecule has 0 amide bonds. The van der Waals surface area contributed by atoms with Crippen molar-refractivity contribution in [2.24, 2.45) is 0 Å². The second kappa shape index (κ2) is 2.63. The van der Waals surface area contributed by atoms with E-state index in [0.29, 0.717) is 10.1 Å². The fourth-order valence-corrected chi connectivity index (χ4v) is 1.05. The van der Waals surface area contributed by atoms with Crippen molar-refractivity contribution in [3.05, 3.63) is 21.9 Å². The van der Waals surface area contributed by atoms with Gasteiger partial charge >= 0.3 is 0 Å². The summed E-state index contributed by atoms with van der Waals surface area (Å²) in [5.41, 5.74) is 0. The fraction of sp³-hybridized carbons (Fsp3) is 0.333. The van der Waals surface area contributed by atoms with Crippen molar-refractivity contribution in [3.8, 4) is 0 Å². The molecule has 0 aromatic heterocycles. The van der Waals surface area contributed by atoms with Gasteiger partial charge in [-0.2, -0.15) is 0 Å². The molecule has 9 heavy (non-hydrogen) atoms. The Morgan fingerprint density at radius 3 is 2.56 bits per heavy atom. The van der Waals surface area contributed by atoms with Crippen molar-refractivity contribution in [1.82, 2.24) is 0 Å². The number of allylic oxidation sites excluding steroid dienone is 3. The van der Waals surface area contributed by atoms with Gasteiger partial charge in [-0.1, -0.05) is 23.2 Å². The number of aliphatic hydroxyl groups is 1. The summed E-state index contributed by atoms with van der Waals surface area (Å²) in [6.45, 7) is 0. The number of hydrogen-bond donors (Lipinski definition) is 1. The summed E-state index contributed by atoms with van der Waals surface area (Å²) < 4.78 is 0. The van der Waals surface area contributed by atoms with Crippen molar-refractivity contribution in [2.75, 3.05) is 0 Å². The summed E-state index contributed by atoms with van der Waals surface area (Å²) >= 11 is 11.2. The summed E-state index contributed by atoms with van der Waals surface area (Å²) in [7, 11) is 0. The molecular weight excluding hydrogens is 159 g/mol. The first-order chi connectivity index (χ1) is 4.22. The summed E-state index contributed by atoms with van der Waals surface area (Å²) in [5.74, 6) is 0.105. The third-order valence-electron chi connectivity index (χ3n) is 1.16. The quantitative estimate of drug-likeness (QED) is 0.584. The van der Waals surface area contributed by atoms with E-state index < -0.39 is 0 Å². The smallest absolute Gasteiger partial charge is 0.131 e. The molecule has 0 saturated carbocycles. The van der Waals surface area contributed by atoms with Gasteiger partial charge in [-0.15, -0.1) is 0 Å². The maximum absolute atomic E-state index is 8.93. The van der Waals surface area contributed by atoms with E-state index in [9.17, 15) is 0 Å². The highest BCUT2D eigenvalue weighted by Crippen LogP contribution is 2.28. The normalized spacial score (nSPS) is 20.0. The van der Waals surface area contributed by atoms with Gasteiger partial charge < -0.3 is 5.11 Å². The highest BCUT2D eigenvalue weighted by molar-refractivity contribution is 6.40. The molecule has 1 N–H and O–H groups in total. The van der Waals surface area contributed by atoms with Crippen LogP contribution in [0.3, 0.4) is 0 Å². The molecule has 0 heterocycles. The molecule has 1 rings (SSSR count). The van der Waals surface area contributed by atoms with Crippen molar-refractivity contribution in [3.63, 3.8) is 0 Å². The van der Waals surface area contributed by atoms with Crippen LogP contribution in [0.5, 0.6) is 0 Å². The topological polar surface area (TPSA) is 20.2 Å². The monoisotopic (exact) mass is 164 g/mol. The molecule has 3 heteroatoms. The SMILES string of the molecule is OC1=CCCC(Cl)=C1Cl. The predicted octanol–water partition coefficient (Wildman–Crippen LogP) is 2.91. The van der Waals surface area contributed by atoms with Gasteiger partial charge in [-0.25, -0.2) is 0 Å². The second-order valence-electron chi connectivity index (χ2n) is 1.85. The van der Waals surface area contributed by atoms with Gasteiger partial charge in [0, 0.05) is 5.03 Å². The van der Waals surface area contributed by atoms with E-state index in [-0.39, 0.29) is 5.76 Å². The molecule has 0 unspecified atom stereocenters. The van der Waals surface area contributed by atoms with Crippen LogP contribution >= 0.6 is 23.2 Å². The lowest BCUT2D eigenvalue weighted by Gasteiger charge is -2.06. The Bertz CT molecular complexity index is 181. The average Bonchev–Trinajstić information content (AvgIpc) is 1.83. The number of hydrogen-bond acceptors (Lipinski definition) is 1. The van der Waals surface area contributed by atoms with Gasteiger partial charge in [0.15, 0.2) is 0 Å². The maximum atomic E-state index is 8.93. The van der Waals surface area contributed by atoms with E-state index in [1.807, 2.05) is 0 Å². The van der Waals surface area contributed by atoms with Crippen LogP contribution in [-0.2, 0) is 0 Å². The number of halogens is 2. The largest absolute Gasteiger partial charge is 0.507 e. The summed E-state index contributed by atoms with van der Waals surface area (Å²) in [4.78, 5) is 0. The lowest BCUT2D eigenvalue weighted by atomic mass is 10.2. The zero-order valence-corrected chi connectivity index (χ0v) is 6.21. The van der Waals surface area contributed by atoms with Crippen LogP contribution in [0.2, 0.25) is 0 Å². The Hall–Kier alpha value is -0.140. The van der Waals surface area contributed by atoms with E-state index in [1.165, 1.54) is 0 Å². The minimum Gasteiger partial charge on any atom is -0.507 e. The molecule has 0 radical (unpaired) electrons. The minimum atomic E-state index is 0.105. The number of rotatable bonds is 0. The van der Waals surface area contributed by atoms with Gasteiger partial charge in [-0.05, 0) is 18.9 Å². The number of aliphatic hydroxyl groups excluding tert-OH is 1. The Balaban J connectivity index is 2.88. The Labute approximate surface area is 63.6 Å². The van der Waals surface area contributed by atoms with Crippen LogP contribution in [-0.4, -0.2) is 5.11 Å². The Morgan fingerprint density at radius 1 is 1.44 bits per heavy atom. The standard InChI is InChI=1S/C6H6Cl2O/c7-4-2-1-3-5(9)6(4)8/h3,9H,1-2H2. The summed E-state index contributed by atoms with van der Waals surface area (Å²) in [6, 6.07) is 0. The summed E-state index contributed by atoms with van der Waals surface area (Å²) in [6.07, 6.45) is 3.18. The maximum Gasteiger partial charge on any atom is 0.131 e. The van der Waals surface area contributed by atoms with Crippen LogP contribution in [0.1, 0.15) is 12.8 Å². The molecule has 0 aliphatic heterocycles. The third kappa shape index (κ3) is 1.41. The second-order valence-corrected chi connectivity index (χ2v) is 2.68. The van der Waals surface area contributed by atoms with Crippen LogP contribution in [0.4, 0.5) is 0 Å². The van der Waals surface area contributed by atoms with E-state index in [1.54, 1.807) is 6.08 Å². The fourth-order valence-electron chi connectivity index (χ4n) is 0.674. The van der Waals surface area contributed by atoms with Crippen LogP contribution in [0.25, 0.3) is 0 Å². The molecule has 1 aliphatic rings. The highest BCUT2D eigenvalue weighted by Gasteiger charge is 2.10. The lowest BCUT2D eigenvalue weighted by molar-refractivity contribution is 0.423. The van der Waals surface area contributed by atoms with Crippen molar-refractivity contribution < 1.29 is 5.11 Å². The average molecular weight is 165 g/mol. The van der Waals surface area contributed by atoms with Crippen LogP contribution in [0, 0.1) is 0 Å². The molecule has 0 atom stereocenters. The van der Waals surface area contributed by atoms with Gasteiger partial charge in [0.05, 0.1) is 5.03 Å². The third-order valence-corrected chi connectivity index (χ3v) is 2.06. The minimum absolute atomic E-state index is 0.105. The molecule has 0 spiro atoms. The Morgan fingerprint density at radius 2 is 2.11 bits per heavy atom. The molecule has 0 saturated heterocycles. The van der Waals surface area contributed by atoms with E-state index >= 15 is 0 Å². The van der Waals surface area contributed by atoms with Crippen LogP contribution in [0.15, 0.2) is 21.9 Å². The molecule has 1 nitrogen and oxygen atoms in total. The molecule has 0 aromatic carbocycles. The van der Waals surface area contributed by atoms with Crippen molar-refractivity contribution >= 4 is 23.2 Å². The zero-order chi connectivity index (χ0) is 6.85. The first kappa shape index (κ1) is 6.97. The lowest BCUT2D eigenvalue weighted by Crippen LogP contribution is -1.91. The molecule has 0 bridgehead atoms. The first-order valence-corrected chi connectivity index (χ1v) is 3.41. The van der Waals surface area contributed by atoms with Crippen LogP contribution < -0.4 is 0 Å². The molecule has 1 aliphatic carbocycles. The van der Waals surface area contributed by atoms with Crippen molar-refractivity contribution in [1.29, 1.82) is 0 Å². The molecule has 0 aromatic rings. The van der Waals surface area contributed by atoms with Gasteiger partial charge in [0.1, 0.15) is 5.76 Å². The zero-order valence-electron chi connectivity index (χ0n) is 4.69. The Kier molecular flexibility index (Phi) is 2.04. The molecule has 0 fully saturated rings. The van der Waals surface area contributed by atoms with Gasteiger partial charge in [0.25, 0.3) is 0 Å². The highest BCUT2D eigenvalue weighted by atomic mass is 35.5.